The molecule has 0 atom stereocenters. The number of carbonyl (C=O) groups is 2. The summed E-state index contributed by atoms with van der Waals surface area (Å²) in [6, 6.07) is 15.6. The van der Waals surface area contributed by atoms with Crippen LogP contribution in [0.3, 0.4) is 0 Å². The molecular formula is C22H22BN5O3. The number of carbonyl (C=O) groups excluding carboxylic acids is 1. The number of carboxylic acid groups (broad SMARTS) is 1. The van der Waals surface area contributed by atoms with Crippen molar-refractivity contribution in [3.8, 4) is 17.3 Å². The number of rotatable bonds is 7. The van der Waals surface area contributed by atoms with Crippen molar-refractivity contribution < 1.29 is 14.7 Å². The summed E-state index contributed by atoms with van der Waals surface area (Å²) in [7, 11) is 5.70. The summed E-state index contributed by atoms with van der Waals surface area (Å²) in [5, 5.41) is 26.4. The van der Waals surface area contributed by atoms with Crippen LogP contribution in [0.5, 0.6) is 0 Å². The molecule has 9 heteroatoms. The maximum absolute atomic E-state index is 12.8. The highest BCUT2D eigenvalue weighted by atomic mass is 16.4. The topological polar surface area (TPSA) is 111 Å². The monoisotopic (exact) mass is 415 g/mol. The maximum Gasteiger partial charge on any atom is 0.341 e. The molecule has 156 valence electrons. The quantitative estimate of drug-likeness (QED) is 0.561. The van der Waals surface area contributed by atoms with E-state index in [9.17, 15) is 20.0 Å². The molecule has 0 aliphatic heterocycles. The molecule has 0 aliphatic rings. The maximum atomic E-state index is 12.8. The van der Waals surface area contributed by atoms with E-state index in [1.807, 2.05) is 45.0 Å². The molecular weight excluding hydrogens is 393 g/mol. The molecule has 1 aromatic heterocycles. The minimum absolute atomic E-state index is 0.109. The van der Waals surface area contributed by atoms with Crippen molar-refractivity contribution >= 4 is 31.0 Å². The van der Waals surface area contributed by atoms with Gasteiger partial charge in [-0.2, -0.15) is 10.4 Å². The van der Waals surface area contributed by atoms with Gasteiger partial charge in [-0.15, -0.1) is 0 Å². The second-order valence-corrected chi connectivity index (χ2v) is 7.42. The Balaban J connectivity index is 2.11. The zero-order valence-electron chi connectivity index (χ0n) is 17.6. The first-order valence-corrected chi connectivity index (χ1v) is 9.67. The number of hydrogen-bond acceptors (Lipinski definition) is 5. The van der Waals surface area contributed by atoms with Crippen molar-refractivity contribution in [3.63, 3.8) is 0 Å². The van der Waals surface area contributed by atoms with E-state index in [-0.39, 0.29) is 17.1 Å². The normalized spacial score (nSPS) is 10.6. The van der Waals surface area contributed by atoms with Gasteiger partial charge in [0.2, 0.25) is 0 Å². The summed E-state index contributed by atoms with van der Waals surface area (Å²) in [6.07, 6.45) is 0. The molecule has 2 N–H and O–H groups in total. The Hall–Kier alpha value is -3.90. The van der Waals surface area contributed by atoms with Gasteiger partial charge in [0, 0.05) is 17.7 Å². The molecule has 0 unspecified atom stereocenters. The van der Waals surface area contributed by atoms with E-state index in [0.29, 0.717) is 29.8 Å². The van der Waals surface area contributed by atoms with Crippen LogP contribution >= 0.6 is 0 Å². The van der Waals surface area contributed by atoms with Crippen molar-refractivity contribution in [1.29, 1.82) is 5.26 Å². The molecule has 8 nitrogen and oxygen atoms in total. The van der Waals surface area contributed by atoms with E-state index in [1.165, 1.54) is 4.68 Å². The number of aromatic carboxylic acids is 1. The van der Waals surface area contributed by atoms with E-state index in [0.717, 1.165) is 5.46 Å². The number of amides is 1. The fourth-order valence-electron chi connectivity index (χ4n) is 3.07. The number of nitrogens with one attached hydrogen (secondary N) is 1. The molecule has 0 saturated heterocycles. The number of likely N-dealkylation sites (N-methyl/N-ethyl adjacent to an activating group) is 1. The Morgan fingerprint density at radius 1 is 1.23 bits per heavy atom. The summed E-state index contributed by atoms with van der Waals surface area (Å²) in [5.41, 5.74) is 2.39. The van der Waals surface area contributed by atoms with Crippen LogP contribution < -0.4 is 10.8 Å². The predicted octanol–water partition coefficient (Wildman–Crippen LogP) is 1.19. The lowest BCUT2D eigenvalue weighted by Crippen LogP contribution is -2.23. The van der Waals surface area contributed by atoms with Gasteiger partial charge >= 0.3 is 5.97 Å². The number of benzene rings is 2. The molecule has 0 radical (unpaired) electrons. The first kappa shape index (κ1) is 21.8. The Labute approximate surface area is 181 Å². The van der Waals surface area contributed by atoms with Crippen LogP contribution in [0.1, 0.15) is 26.3 Å². The number of nitriles is 1. The average molecular weight is 415 g/mol. The molecule has 31 heavy (non-hydrogen) atoms. The SMILES string of the molecule is Bc1ccc(C(=O)Nc2c(C(=O)O)c(-c3cccc(C#N)c3)nn2CCN(C)C)cc1. The van der Waals surface area contributed by atoms with Gasteiger partial charge in [-0.3, -0.25) is 4.79 Å². The fourth-order valence-corrected chi connectivity index (χ4v) is 3.07. The van der Waals surface area contributed by atoms with Crippen LogP contribution in [0, 0.1) is 11.3 Å². The largest absolute Gasteiger partial charge is 0.477 e. The number of anilines is 1. The van der Waals surface area contributed by atoms with Crippen LogP contribution in [-0.4, -0.2) is 60.1 Å². The molecule has 0 spiro atoms. The van der Waals surface area contributed by atoms with Crippen molar-refractivity contribution in [1.82, 2.24) is 14.7 Å². The third-order valence-electron chi connectivity index (χ3n) is 4.74. The zero-order valence-corrected chi connectivity index (χ0v) is 17.6. The fraction of sp³-hybridized carbons (Fsp3) is 0.182. The molecule has 0 bridgehead atoms. The van der Waals surface area contributed by atoms with Gasteiger partial charge < -0.3 is 15.3 Å². The Bertz CT molecular complexity index is 1160. The molecule has 3 aromatic rings. The van der Waals surface area contributed by atoms with E-state index in [1.54, 1.807) is 36.4 Å². The minimum atomic E-state index is -1.22. The van der Waals surface area contributed by atoms with Crippen LogP contribution in [-0.2, 0) is 6.54 Å². The minimum Gasteiger partial charge on any atom is -0.477 e. The summed E-state index contributed by atoms with van der Waals surface area (Å²) in [6.45, 7) is 0.959. The summed E-state index contributed by atoms with van der Waals surface area (Å²) >= 11 is 0. The first-order valence-electron chi connectivity index (χ1n) is 9.67. The van der Waals surface area contributed by atoms with Crippen LogP contribution in [0.15, 0.2) is 48.5 Å². The van der Waals surface area contributed by atoms with Gasteiger partial charge in [0.25, 0.3) is 5.91 Å². The summed E-state index contributed by atoms with van der Waals surface area (Å²) in [5.74, 6) is -1.53. The molecule has 0 fully saturated rings. The van der Waals surface area contributed by atoms with Crippen molar-refractivity contribution in [3.05, 3.63) is 65.2 Å². The number of aromatic nitrogens is 2. The van der Waals surface area contributed by atoms with E-state index in [2.05, 4.69) is 10.4 Å². The Morgan fingerprint density at radius 2 is 1.94 bits per heavy atom. The molecule has 0 saturated carbocycles. The van der Waals surface area contributed by atoms with Gasteiger partial charge in [-0.1, -0.05) is 41.9 Å². The van der Waals surface area contributed by atoms with Crippen molar-refractivity contribution in [2.75, 3.05) is 26.0 Å². The second-order valence-electron chi connectivity index (χ2n) is 7.42. The predicted molar refractivity (Wildman–Crippen MR) is 120 cm³/mol. The van der Waals surface area contributed by atoms with Gasteiger partial charge in [0.1, 0.15) is 24.9 Å². The van der Waals surface area contributed by atoms with Gasteiger partial charge in [0.05, 0.1) is 18.2 Å². The van der Waals surface area contributed by atoms with Crippen LogP contribution in [0.4, 0.5) is 5.82 Å². The zero-order chi connectivity index (χ0) is 22.5. The van der Waals surface area contributed by atoms with Crippen LogP contribution in [0.2, 0.25) is 0 Å². The molecule has 1 heterocycles. The number of hydrogen-bond donors (Lipinski definition) is 2. The highest BCUT2D eigenvalue weighted by molar-refractivity contribution is 6.32. The lowest BCUT2D eigenvalue weighted by atomic mass is 9.95. The number of carboxylic acids is 1. The van der Waals surface area contributed by atoms with Crippen molar-refractivity contribution in [2.24, 2.45) is 0 Å². The average Bonchev–Trinajstić information content (AvgIpc) is 3.11. The standard InChI is InChI=1S/C22H22BN5O3/c1-27(2)10-11-28-20(25-21(29)15-6-8-17(23)9-7-15)18(22(30)31)19(26-28)16-5-3-4-14(12-16)13-24/h3-9,12H,10-11,23H2,1-2H3,(H,25,29)(H,30,31). The third-order valence-corrected chi connectivity index (χ3v) is 4.74. The third kappa shape index (κ3) is 5.00. The van der Waals surface area contributed by atoms with Gasteiger partial charge in [-0.05, 0) is 26.2 Å². The Kier molecular flexibility index (Phi) is 6.53. The highest BCUT2D eigenvalue weighted by Gasteiger charge is 2.26. The smallest absolute Gasteiger partial charge is 0.341 e. The van der Waals surface area contributed by atoms with Gasteiger partial charge in [-0.25, -0.2) is 9.48 Å². The van der Waals surface area contributed by atoms with Gasteiger partial charge in [0.15, 0.2) is 0 Å². The molecule has 1 amide bonds. The molecule has 3 rings (SSSR count). The lowest BCUT2D eigenvalue weighted by Gasteiger charge is -2.13. The lowest BCUT2D eigenvalue weighted by molar-refractivity contribution is 0.0698. The summed E-state index contributed by atoms with van der Waals surface area (Å²) < 4.78 is 1.49. The van der Waals surface area contributed by atoms with E-state index < -0.39 is 11.9 Å². The van der Waals surface area contributed by atoms with Crippen LogP contribution in [0.25, 0.3) is 11.3 Å². The van der Waals surface area contributed by atoms with Crippen molar-refractivity contribution in [2.45, 2.75) is 6.54 Å². The first-order chi connectivity index (χ1) is 14.8. The molecule has 2 aromatic carbocycles. The highest BCUT2D eigenvalue weighted by Crippen LogP contribution is 2.30. The molecule has 0 aliphatic carbocycles. The second kappa shape index (κ2) is 9.28. The van der Waals surface area contributed by atoms with E-state index >= 15 is 0 Å². The summed E-state index contributed by atoms with van der Waals surface area (Å²) in [4.78, 5) is 27.0. The Morgan fingerprint density at radius 3 is 2.55 bits per heavy atom. The number of nitrogens with zero attached hydrogens (tertiary/aromatic N) is 4. The van der Waals surface area contributed by atoms with E-state index in [4.69, 9.17) is 0 Å².